The molecule has 0 N–H and O–H groups in total. The van der Waals surface area contributed by atoms with Gasteiger partial charge in [0.15, 0.2) is 0 Å². The van der Waals surface area contributed by atoms with Crippen LogP contribution in [0.4, 0.5) is 0 Å². The van der Waals surface area contributed by atoms with Crippen molar-refractivity contribution in [1.29, 1.82) is 0 Å². The summed E-state index contributed by atoms with van der Waals surface area (Å²) in [5.41, 5.74) is 9.24. The average molecular weight is 283 g/mol. The molecule has 0 spiro atoms. The molecule has 0 heterocycles. The van der Waals surface area contributed by atoms with Gasteiger partial charge >= 0.3 is 11.7 Å². The lowest BCUT2D eigenvalue weighted by Crippen LogP contribution is -2.23. The first-order valence-corrected chi connectivity index (χ1v) is 5.53. The van der Waals surface area contributed by atoms with Crippen LogP contribution in [0.1, 0.15) is 19.4 Å². The Morgan fingerprint density at radius 3 is 2.56 bits per heavy atom. The van der Waals surface area contributed by atoms with Crippen LogP contribution in [-0.4, -0.2) is 22.6 Å². The molecule has 0 saturated heterocycles. The van der Waals surface area contributed by atoms with Crippen LogP contribution in [0.3, 0.4) is 0 Å². The van der Waals surface area contributed by atoms with E-state index >= 15 is 0 Å². The molecule has 0 aromatic heterocycles. The first kappa shape index (κ1) is 12.6. The van der Waals surface area contributed by atoms with Crippen LogP contribution >= 0.6 is 15.9 Å². The van der Waals surface area contributed by atoms with Crippen molar-refractivity contribution < 1.29 is 14.3 Å². The van der Waals surface area contributed by atoms with E-state index in [0.29, 0.717) is 10.0 Å². The highest BCUT2D eigenvalue weighted by Gasteiger charge is 2.27. The molecule has 0 amide bonds. The first-order valence-electron chi connectivity index (χ1n) is 4.74. The van der Waals surface area contributed by atoms with Crippen molar-refractivity contribution in [3.8, 4) is 0 Å². The van der Waals surface area contributed by atoms with Crippen LogP contribution in [0.2, 0.25) is 0 Å². The van der Waals surface area contributed by atoms with Crippen molar-refractivity contribution in [2.45, 2.75) is 20.0 Å². The Bertz CT molecular complexity index is 451. The van der Waals surface area contributed by atoms with Gasteiger partial charge in [0.25, 0.3) is 0 Å². The number of rotatable bonds is 3. The molecule has 16 heavy (non-hydrogen) atoms. The van der Waals surface area contributed by atoms with Gasteiger partial charge in [-0.1, -0.05) is 12.1 Å². The summed E-state index contributed by atoms with van der Waals surface area (Å²) in [6.07, 6.45) is -0.258. The summed E-state index contributed by atoms with van der Waals surface area (Å²) >= 11 is 3.27. The summed E-state index contributed by atoms with van der Waals surface area (Å²) in [5.74, 6) is -0.649. The van der Waals surface area contributed by atoms with Gasteiger partial charge in [-0.2, -0.15) is 4.79 Å². The van der Waals surface area contributed by atoms with Gasteiger partial charge in [-0.15, -0.1) is 0 Å². The fourth-order valence-corrected chi connectivity index (χ4v) is 1.60. The molecule has 0 radical (unpaired) electrons. The van der Waals surface area contributed by atoms with Crippen LogP contribution < -0.4 is 0 Å². The van der Waals surface area contributed by atoms with Gasteiger partial charge in [-0.25, -0.2) is 4.79 Å². The summed E-state index contributed by atoms with van der Waals surface area (Å²) in [5, 5.41) is 0. The molecule has 1 aromatic carbocycles. The molecule has 0 aliphatic rings. The van der Waals surface area contributed by atoms with Crippen LogP contribution in [0.15, 0.2) is 28.7 Å². The van der Waals surface area contributed by atoms with Gasteiger partial charge in [0.05, 0.1) is 11.7 Å². The Labute approximate surface area is 102 Å². The van der Waals surface area contributed by atoms with Gasteiger partial charge < -0.3 is 10.3 Å². The van der Waals surface area contributed by atoms with E-state index in [9.17, 15) is 4.79 Å². The first-order chi connectivity index (χ1) is 7.56. The van der Waals surface area contributed by atoms with E-state index in [4.69, 9.17) is 10.3 Å². The summed E-state index contributed by atoms with van der Waals surface area (Å²) in [4.78, 5) is 14.6. The van der Waals surface area contributed by atoms with Crippen molar-refractivity contribution >= 4 is 27.6 Å². The monoisotopic (exact) mass is 282 g/mol. The van der Waals surface area contributed by atoms with Crippen molar-refractivity contribution in [3.05, 3.63) is 39.8 Å². The van der Waals surface area contributed by atoms with E-state index in [1.807, 2.05) is 0 Å². The molecule has 0 saturated carbocycles. The number of esters is 1. The number of nitrogens with zero attached hydrogens (tertiary/aromatic N) is 2. The van der Waals surface area contributed by atoms with E-state index < -0.39 is 5.97 Å². The Kier molecular flexibility index (Phi) is 4.40. The van der Waals surface area contributed by atoms with E-state index in [2.05, 4.69) is 20.7 Å². The van der Waals surface area contributed by atoms with E-state index in [1.165, 1.54) is 0 Å². The SMILES string of the molecule is CC(C)OC(=O)C(=[N+]=[N-])c1ccccc1Br. The van der Waals surface area contributed by atoms with Gasteiger partial charge in [-0.3, -0.25) is 0 Å². The zero-order valence-corrected chi connectivity index (χ0v) is 10.6. The van der Waals surface area contributed by atoms with E-state index in [-0.39, 0.29) is 11.8 Å². The lowest BCUT2D eigenvalue weighted by Gasteiger charge is -2.05. The topological polar surface area (TPSA) is 62.7 Å². The highest BCUT2D eigenvalue weighted by atomic mass is 79.9. The van der Waals surface area contributed by atoms with Crippen LogP contribution in [0, 0.1) is 0 Å². The number of halogens is 1. The summed E-state index contributed by atoms with van der Waals surface area (Å²) in [6, 6.07) is 6.97. The van der Waals surface area contributed by atoms with Crippen LogP contribution in [0.5, 0.6) is 0 Å². The second kappa shape index (κ2) is 5.58. The highest BCUT2D eigenvalue weighted by Crippen LogP contribution is 2.16. The largest absolute Gasteiger partial charge is 0.454 e. The molecule has 1 rings (SSSR count). The zero-order chi connectivity index (χ0) is 12.1. The molecule has 1 aromatic rings. The third-order valence-electron chi connectivity index (χ3n) is 1.77. The van der Waals surface area contributed by atoms with Crippen molar-refractivity contribution in [2.75, 3.05) is 0 Å². The standard InChI is InChI=1S/C11H11BrN2O2/c1-7(2)16-11(15)10(14-13)8-5-3-4-6-9(8)12/h3-7H,1-2H3. The third kappa shape index (κ3) is 3.02. The minimum absolute atomic E-state index is 0.110. The average Bonchev–Trinajstić information content (AvgIpc) is 2.20. The number of ether oxygens (including phenoxy) is 1. The molecular weight excluding hydrogens is 272 g/mol. The molecule has 0 aliphatic heterocycles. The fourth-order valence-electron chi connectivity index (χ4n) is 1.13. The summed E-state index contributed by atoms with van der Waals surface area (Å²) in [6.45, 7) is 3.46. The van der Waals surface area contributed by atoms with Gasteiger partial charge in [-0.05, 0) is 41.9 Å². The Morgan fingerprint density at radius 1 is 1.44 bits per heavy atom. The predicted molar refractivity (Wildman–Crippen MR) is 63.1 cm³/mol. The zero-order valence-electron chi connectivity index (χ0n) is 8.98. The van der Waals surface area contributed by atoms with Crippen molar-refractivity contribution in [2.24, 2.45) is 0 Å². The number of benzene rings is 1. The summed E-state index contributed by atoms with van der Waals surface area (Å²) in [7, 11) is 0. The Hall–Kier alpha value is -1.45. The van der Waals surface area contributed by atoms with Gasteiger partial charge in [0.1, 0.15) is 0 Å². The summed E-state index contributed by atoms with van der Waals surface area (Å²) < 4.78 is 5.63. The van der Waals surface area contributed by atoms with E-state index in [0.717, 1.165) is 0 Å². The number of hydrogen-bond donors (Lipinski definition) is 0. The molecule has 0 aliphatic carbocycles. The molecule has 84 valence electrons. The molecule has 4 nitrogen and oxygen atoms in total. The third-order valence-corrected chi connectivity index (χ3v) is 2.46. The highest BCUT2D eigenvalue weighted by molar-refractivity contribution is 9.10. The Balaban J connectivity index is 3.06. The molecule has 0 atom stereocenters. The maximum atomic E-state index is 11.6. The van der Waals surface area contributed by atoms with Crippen LogP contribution in [-0.2, 0) is 9.53 Å². The number of hydrogen-bond acceptors (Lipinski definition) is 2. The maximum absolute atomic E-state index is 11.6. The van der Waals surface area contributed by atoms with Crippen LogP contribution in [0.25, 0.3) is 5.53 Å². The lowest BCUT2D eigenvalue weighted by molar-refractivity contribution is -0.143. The smallest absolute Gasteiger partial charge is 0.422 e. The number of carbonyl (C=O) groups is 1. The Morgan fingerprint density at radius 2 is 2.06 bits per heavy atom. The molecule has 0 unspecified atom stereocenters. The number of carbonyl (C=O) groups excluding carboxylic acids is 1. The normalized spacial score (nSPS) is 9.75. The van der Waals surface area contributed by atoms with Gasteiger partial charge in [0.2, 0.25) is 0 Å². The molecular formula is C11H11BrN2O2. The minimum Gasteiger partial charge on any atom is -0.454 e. The maximum Gasteiger partial charge on any atom is 0.422 e. The molecule has 0 bridgehead atoms. The van der Waals surface area contributed by atoms with E-state index in [1.54, 1.807) is 38.1 Å². The minimum atomic E-state index is -0.649. The van der Waals surface area contributed by atoms with Crippen molar-refractivity contribution in [1.82, 2.24) is 0 Å². The molecule has 0 fully saturated rings. The molecule has 5 heteroatoms. The second-order valence-corrected chi connectivity index (χ2v) is 4.24. The lowest BCUT2D eigenvalue weighted by atomic mass is 10.1. The second-order valence-electron chi connectivity index (χ2n) is 3.38. The fraction of sp³-hybridized carbons (Fsp3) is 0.273. The predicted octanol–water partition coefficient (Wildman–Crippen LogP) is 2.42. The van der Waals surface area contributed by atoms with Crippen molar-refractivity contribution in [3.63, 3.8) is 0 Å². The van der Waals surface area contributed by atoms with Gasteiger partial charge in [0, 0.05) is 4.47 Å². The quantitative estimate of drug-likeness (QED) is 0.370.